The molecule has 0 aliphatic heterocycles. The molecule has 2 aromatic rings. The fraction of sp³-hybridized carbons (Fsp3) is 0.250. The average Bonchev–Trinajstić information content (AvgIpc) is 2.62. The SMILES string of the molecule is CCCc1c(N)noc1-c1ccccc1I. The highest BCUT2D eigenvalue weighted by Gasteiger charge is 2.16. The maximum Gasteiger partial charge on any atom is 0.173 e. The van der Waals surface area contributed by atoms with Crippen LogP contribution in [0.15, 0.2) is 28.8 Å². The van der Waals surface area contributed by atoms with Crippen LogP contribution < -0.4 is 5.73 Å². The normalized spacial score (nSPS) is 10.6. The fourth-order valence-electron chi connectivity index (χ4n) is 1.67. The molecule has 0 unspecified atom stereocenters. The van der Waals surface area contributed by atoms with Crippen molar-refractivity contribution in [3.63, 3.8) is 0 Å². The maximum absolute atomic E-state index is 5.81. The van der Waals surface area contributed by atoms with Gasteiger partial charge in [0, 0.05) is 14.7 Å². The lowest BCUT2D eigenvalue weighted by molar-refractivity contribution is 0.434. The zero-order chi connectivity index (χ0) is 11.5. The van der Waals surface area contributed by atoms with E-state index in [0.29, 0.717) is 5.82 Å². The van der Waals surface area contributed by atoms with Crippen LogP contribution in [0.25, 0.3) is 11.3 Å². The van der Waals surface area contributed by atoms with E-state index in [4.69, 9.17) is 10.3 Å². The highest BCUT2D eigenvalue weighted by Crippen LogP contribution is 2.31. The first-order valence-corrected chi connectivity index (χ1v) is 6.30. The van der Waals surface area contributed by atoms with Crippen LogP contribution in [0.2, 0.25) is 0 Å². The largest absolute Gasteiger partial charge is 0.381 e. The third-order valence-corrected chi connectivity index (χ3v) is 3.38. The van der Waals surface area contributed by atoms with Gasteiger partial charge in [-0.1, -0.05) is 36.7 Å². The van der Waals surface area contributed by atoms with Gasteiger partial charge in [0.25, 0.3) is 0 Å². The molecule has 1 aromatic carbocycles. The van der Waals surface area contributed by atoms with E-state index in [1.807, 2.05) is 24.3 Å². The second-order valence-corrected chi connectivity index (χ2v) is 4.77. The van der Waals surface area contributed by atoms with Crippen molar-refractivity contribution in [2.24, 2.45) is 0 Å². The van der Waals surface area contributed by atoms with Gasteiger partial charge in [-0.25, -0.2) is 0 Å². The van der Waals surface area contributed by atoms with Crippen molar-refractivity contribution < 1.29 is 4.52 Å². The first-order valence-electron chi connectivity index (χ1n) is 5.23. The summed E-state index contributed by atoms with van der Waals surface area (Å²) in [6, 6.07) is 8.07. The monoisotopic (exact) mass is 328 g/mol. The number of nitrogen functional groups attached to an aromatic ring is 1. The lowest BCUT2D eigenvalue weighted by atomic mass is 10.1. The molecule has 2 N–H and O–H groups in total. The number of aromatic nitrogens is 1. The Morgan fingerprint density at radius 2 is 2.12 bits per heavy atom. The Balaban J connectivity index is 2.52. The number of hydrogen-bond acceptors (Lipinski definition) is 3. The van der Waals surface area contributed by atoms with Crippen LogP contribution in [0.3, 0.4) is 0 Å². The highest BCUT2D eigenvalue weighted by atomic mass is 127. The molecule has 0 amide bonds. The van der Waals surface area contributed by atoms with Gasteiger partial charge in [0.05, 0.1) is 0 Å². The molecule has 0 spiro atoms. The van der Waals surface area contributed by atoms with Crippen molar-refractivity contribution in [3.8, 4) is 11.3 Å². The van der Waals surface area contributed by atoms with E-state index in [2.05, 4.69) is 34.7 Å². The van der Waals surface area contributed by atoms with Crippen LogP contribution in [0, 0.1) is 3.57 Å². The van der Waals surface area contributed by atoms with Gasteiger partial charge in [-0.05, 0) is 35.1 Å². The standard InChI is InChI=1S/C12H13IN2O/c1-2-5-9-11(16-15-12(9)14)8-6-3-4-7-10(8)13/h3-4,6-7H,2,5H2,1H3,(H2,14,15). The first kappa shape index (κ1) is 11.4. The second-order valence-electron chi connectivity index (χ2n) is 3.61. The molecule has 0 atom stereocenters. The Labute approximate surface area is 108 Å². The highest BCUT2D eigenvalue weighted by molar-refractivity contribution is 14.1. The van der Waals surface area contributed by atoms with Crippen molar-refractivity contribution in [1.29, 1.82) is 0 Å². The average molecular weight is 328 g/mol. The van der Waals surface area contributed by atoms with Crippen LogP contribution in [0.1, 0.15) is 18.9 Å². The Bertz CT molecular complexity index is 494. The molecule has 4 heteroatoms. The lowest BCUT2D eigenvalue weighted by Gasteiger charge is -2.02. The minimum absolute atomic E-state index is 0.511. The molecule has 1 heterocycles. The van der Waals surface area contributed by atoms with E-state index < -0.39 is 0 Å². The summed E-state index contributed by atoms with van der Waals surface area (Å²) in [6.07, 6.45) is 1.93. The number of anilines is 1. The molecule has 84 valence electrons. The van der Waals surface area contributed by atoms with Crippen LogP contribution in [-0.4, -0.2) is 5.16 Å². The zero-order valence-electron chi connectivity index (χ0n) is 9.03. The van der Waals surface area contributed by atoms with Crippen LogP contribution >= 0.6 is 22.6 Å². The minimum Gasteiger partial charge on any atom is -0.381 e. The number of hydrogen-bond donors (Lipinski definition) is 1. The summed E-state index contributed by atoms with van der Waals surface area (Å²) in [5, 5.41) is 3.85. The number of rotatable bonds is 3. The minimum atomic E-state index is 0.511. The van der Waals surface area contributed by atoms with Crippen LogP contribution in [0.5, 0.6) is 0 Å². The van der Waals surface area contributed by atoms with Crippen LogP contribution in [-0.2, 0) is 6.42 Å². The van der Waals surface area contributed by atoms with Gasteiger partial charge in [-0.15, -0.1) is 0 Å². The fourth-order valence-corrected chi connectivity index (χ4v) is 2.30. The second kappa shape index (κ2) is 4.86. The molecule has 0 aliphatic rings. The van der Waals surface area contributed by atoms with Gasteiger partial charge in [-0.2, -0.15) is 0 Å². The van der Waals surface area contributed by atoms with Gasteiger partial charge in [0.2, 0.25) is 0 Å². The zero-order valence-corrected chi connectivity index (χ0v) is 11.2. The molecule has 0 saturated heterocycles. The number of halogens is 1. The Hall–Kier alpha value is -1.04. The molecule has 0 saturated carbocycles. The van der Waals surface area contributed by atoms with E-state index in [1.165, 1.54) is 0 Å². The molecule has 16 heavy (non-hydrogen) atoms. The molecular weight excluding hydrogens is 315 g/mol. The predicted molar refractivity (Wildman–Crippen MR) is 73.1 cm³/mol. The molecule has 3 nitrogen and oxygen atoms in total. The summed E-state index contributed by atoms with van der Waals surface area (Å²) in [5.74, 6) is 1.32. The summed E-state index contributed by atoms with van der Waals surface area (Å²) in [6.45, 7) is 2.12. The molecule has 0 aliphatic carbocycles. The number of nitrogens with two attached hydrogens (primary N) is 1. The number of benzene rings is 1. The smallest absolute Gasteiger partial charge is 0.173 e. The van der Waals surface area contributed by atoms with E-state index in [-0.39, 0.29) is 0 Å². The molecule has 1 aromatic heterocycles. The molecule has 0 fully saturated rings. The van der Waals surface area contributed by atoms with E-state index in [9.17, 15) is 0 Å². The molecule has 2 rings (SSSR count). The van der Waals surface area contributed by atoms with E-state index in [0.717, 1.165) is 33.3 Å². The van der Waals surface area contributed by atoms with Crippen molar-refractivity contribution in [2.45, 2.75) is 19.8 Å². The quantitative estimate of drug-likeness (QED) is 0.878. The van der Waals surface area contributed by atoms with Gasteiger partial charge in [0.1, 0.15) is 0 Å². The van der Waals surface area contributed by atoms with Gasteiger partial charge in [-0.3, -0.25) is 0 Å². The predicted octanol–water partition coefficient (Wildman–Crippen LogP) is 3.48. The van der Waals surface area contributed by atoms with Gasteiger partial charge in [0.15, 0.2) is 11.6 Å². The summed E-state index contributed by atoms with van der Waals surface area (Å²) >= 11 is 2.29. The summed E-state index contributed by atoms with van der Waals surface area (Å²) < 4.78 is 6.48. The van der Waals surface area contributed by atoms with Crippen molar-refractivity contribution >= 4 is 28.4 Å². The maximum atomic E-state index is 5.81. The van der Waals surface area contributed by atoms with Crippen molar-refractivity contribution in [3.05, 3.63) is 33.4 Å². The summed E-state index contributed by atoms with van der Waals surface area (Å²) in [7, 11) is 0. The molecule has 0 radical (unpaired) electrons. The first-order chi connectivity index (χ1) is 7.74. The van der Waals surface area contributed by atoms with Crippen LogP contribution in [0.4, 0.5) is 5.82 Å². The Morgan fingerprint density at radius 3 is 2.81 bits per heavy atom. The Morgan fingerprint density at radius 1 is 1.38 bits per heavy atom. The molecular formula is C12H13IN2O. The van der Waals surface area contributed by atoms with Gasteiger partial charge < -0.3 is 10.3 Å². The van der Waals surface area contributed by atoms with Crippen molar-refractivity contribution in [1.82, 2.24) is 5.16 Å². The third-order valence-electron chi connectivity index (χ3n) is 2.44. The van der Waals surface area contributed by atoms with E-state index in [1.54, 1.807) is 0 Å². The molecule has 0 bridgehead atoms. The topological polar surface area (TPSA) is 52.0 Å². The lowest BCUT2D eigenvalue weighted by Crippen LogP contribution is -1.93. The third kappa shape index (κ3) is 2.07. The number of nitrogens with zero attached hydrogens (tertiary/aromatic N) is 1. The summed E-state index contributed by atoms with van der Waals surface area (Å²) in [5.41, 5.74) is 7.89. The van der Waals surface area contributed by atoms with Crippen molar-refractivity contribution in [2.75, 3.05) is 5.73 Å². The Kier molecular flexibility index (Phi) is 3.48. The summed E-state index contributed by atoms with van der Waals surface area (Å²) in [4.78, 5) is 0. The van der Waals surface area contributed by atoms with E-state index >= 15 is 0 Å². The van der Waals surface area contributed by atoms with Gasteiger partial charge >= 0.3 is 0 Å².